The average Bonchev–Trinajstić information content (AvgIpc) is 3.33. The largest absolute Gasteiger partial charge is 0.341 e. The Kier molecular flexibility index (Phi) is 4.75. The highest BCUT2D eigenvalue weighted by Crippen LogP contribution is 2.26. The van der Waals surface area contributed by atoms with Crippen LogP contribution < -0.4 is 15.1 Å². The molecule has 0 bridgehead atoms. The Morgan fingerprint density at radius 1 is 1.11 bits per heavy atom. The zero-order chi connectivity index (χ0) is 18.8. The Balaban J connectivity index is 1.38. The predicted octanol–water partition coefficient (Wildman–Crippen LogP) is 2.38. The van der Waals surface area contributed by atoms with Crippen molar-refractivity contribution in [1.82, 2.24) is 9.97 Å². The lowest BCUT2D eigenvalue weighted by Crippen LogP contribution is -2.28. The second-order valence-corrected chi connectivity index (χ2v) is 7.20. The zero-order valence-electron chi connectivity index (χ0n) is 15.4. The van der Waals surface area contributed by atoms with Crippen molar-refractivity contribution < 1.29 is 9.59 Å². The van der Waals surface area contributed by atoms with E-state index in [1.54, 1.807) is 17.3 Å². The van der Waals surface area contributed by atoms with Gasteiger partial charge in [0.1, 0.15) is 0 Å². The maximum absolute atomic E-state index is 12.6. The van der Waals surface area contributed by atoms with E-state index in [0.717, 1.165) is 37.2 Å². The highest BCUT2D eigenvalue weighted by Gasteiger charge is 2.35. The van der Waals surface area contributed by atoms with Crippen LogP contribution in [0.25, 0.3) is 0 Å². The highest BCUT2D eigenvalue weighted by atomic mass is 16.2. The van der Waals surface area contributed by atoms with Crippen LogP contribution in [0.15, 0.2) is 36.7 Å². The maximum atomic E-state index is 12.6. The van der Waals surface area contributed by atoms with Crippen LogP contribution in [-0.2, 0) is 9.59 Å². The van der Waals surface area contributed by atoms with Crippen molar-refractivity contribution in [1.29, 1.82) is 0 Å². The van der Waals surface area contributed by atoms with Crippen molar-refractivity contribution >= 4 is 29.1 Å². The maximum Gasteiger partial charge on any atom is 0.229 e. The van der Waals surface area contributed by atoms with Gasteiger partial charge in [0, 0.05) is 31.7 Å². The number of carbonyl (C=O) groups is 2. The van der Waals surface area contributed by atoms with Crippen LogP contribution in [0.2, 0.25) is 0 Å². The third-order valence-electron chi connectivity index (χ3n) is 5.14. The molecule has 1 unspecified atom stereocenters. The van der Waals surface area contributed by atoms with Crippen LogP contribution >= 0.6 is 0 Å². The summed E-state index contributed by atoms with van der Waals surface area (Å²) < 4.78 is 0. The quantitative estimate of drug-likeness (QED) is 0.900. The molecule has 0 spiro atoms. The summed E-state index contributed by atoms with van der Waals surface area (Å²) in [5, 5.41) is 2.84. The Morgan fingerprint density at radius 3 is 2.44 bits per heavy atom. The van der Waals surface area contributed by atoms with Gasteiger partial charge in [0.25, 0.3) is 0 Å². The van der Waals surface area contributed by atoms with Crippen LogP contribution in [0, 0.1) is 12.8 Å². The van der Waals surface area contributed by atoms with E-state index in [1.807, 2.05) is 31.2 Å². The van der Waals surface area contributed by atoms with Crippen LogP contribution in [0.3, 0.4) is 0 Å². The van der Waals surface area contributed by atoms with Gasteiger partial charge in [-0.05, 0) is 31.9 Å². The lowest BCUT2D eigenvalue weighted by molar-refractivity contribution is -0.122. The first-order valence-electron chi connectivity index (χ1n) is 9.35. The Hall–Kier alpha value is -2.96. The van der Waals surface area contributed by atoms with Crippen LogP contribution in [-0.4, -0.2) is 41.4 Å². The molecule has 7 nitrogen and oxygen atoms in total. The molecule has 1 aromatic heterocycles. The number of nitrogens with one attached hydrogen (secondary N) is 1. The van der Waals surface area contributed by atoms with Gasteiger partial charge in [-0.2, -0.15) is 0 Å². The minimum atomic E-state index is -0.378. The molecule has 0 saturated carbocycles. The summed E-state index contributed by atoms with van der Waals surface area (Å²) in [6.45, 7) is 4.35. The fraction of sp³-hybridized carbons (Fsp3) is 0.400. The van der Waals surface area contributed by atoms with Gasteiger partial charge in [0.15, 0.2) is 0 Å². The third kappa shape index (κ3) is 3.77. The molecular weight excluding hydrogens is 342 g/mol. The summed E-state index contributed by atoms with van der Waals surface area (Å²) in [5.74, 6) is 0.124. The topological polar surface area (TPSA) is 78.4 Å². The fourth-order valence-electron chi connectivity index (χ4n) is 3.57. The van der Waals surface area contributed by atoms with Crippen molar-refractivity contribution in [3.63, 3.8) is 0 Å². The van der Waals surface area contributed by atoms with E-state index in [0.29, 0.717) is 18.2 Å². The number of amides is 2. The smallest absolute Gasteiger partial charge is 0.229 e. The Labute approximate surface area is 158 Å². The summed E-state index contributed by atoms with van der Waals surface area (Å²) >= 11 is 0. The van der Waals surface area contributed by atoms with Crippen molar-refractivity contribution in [2.75, 3.05) is 34.8 Å². The van der Waals surface area contributed by atoms with E-state index in [-0.39, 0.29) is 24.2 Å². The number of hydrogen-bond donors (Lipinski definition) is 1. The second-order valence-electron chi connectivity index (χ2n) is 7.20. The number of carbonyl (C=O) groups excluding carboxylic acids is 2. The molecule has 2 aliphatic heterocycles. The third-order valence-corrected chi connectivity index (χ3v) is 5.14. The van der Waals surface area contributed by atoms with Crippen LogP contribution in [0.5, 0.6) is 0 Å². The molecule has 1 aromatic carbocycles. The Morgan fingerprint density at radius 2 is 1.78 bits per heavy atom. The molecule has 0 aliphatic carbocycles. The van der Waals surface area contributed by atoms with Gasteiger partial charge in [-0.1, -0.05) is 17.7 Å². The fourth-order valence-corrected chi connectivity index (χ4v) is 3.57. The molecule has 0 radical (unpaired) electrons. The van der Waals surface area contributed by atoms with E-state index in [4.69, 9.17) is 0 Å². The number of aryl methyl sites for hydroxylation is 1. The zero-order valence-corrected chi connectivity index (χ0v) is 15.4. The molecule has 2 saturated heterocycles. The number of aromatic nitrogens is 2. The van der Waals surface area contributed by atoms with Gasteiger partial charge in [0.2, 0.25) is 17.8 Å². The second kappa shape index (κ2) is 7.34. The number of nitrogens with zero attached hydrogens (tertiary/aromatic N) is 4. The number of hydrogen-bond acceptors (Lipinski definition) is 5. The van der Waals surface area contributed by atoms with Gasteiger partial charge in [-0.15, -0.1) is 0 Å². The van der Waals surface area contributed by atoms with Crippen LogP contribution in [0.4, 0.5) is 17.3 Å². The van der Waals surface area contributed by atoms with Crippen molar-refractivity contribution in [3.05, 3.63) is 42.2 Å². The monoisotopic (exact) mass is 365 g/mol. The van der Waals surface area contributed by atoms with Crippen molar-refractivity contribution in [2.24, 2.45) is 5.92 Å². The predicted molar refractivity (Wildman–Crippen MR) is 104 cm³/mol. The van der Waals surface area contributed by atoms with E-state index in [1.165, 1.54) is 0 Å². The lowest BCUT2D eigenvalue weighted by atomic mass is 10.1. The van der Waals surface area contributed by atoms with Crippen molar-refractivity contribution in [2.45, 2.75) is 26.2 Å². The van der Waals surface area contributed by atoms with Gasteiger partial charge in [-0.3, -0.25) is 9.59 Å². The minimum absolute atomic E-state index is 0.0281. The molecule has 4 rings (SSSR count). The standard InChI is InChI=1S/C20H23N5O2/c1-14-4-6-17(7-5-14)25-13-15(10-18(25)26)19(27)23-16-11-21-20(22-12-16)24-8-2-3-9-24/h4-7,11-12,15H,2-3,8-10,13H2,1H3,(H,23,27). The molecule has 140 valence electrons. The molecule has 7 heteroatoms. The van der Waals surface area contributed by atoms with Crippen LogP contribution in [0.1, 0.15) is 24.8 Å². The van der Waals surface area contributed by atoms with E-state index in [2.05, 4.69) is 20.2 Å². The number of rotatable bonds is 4. The van der Waals surface area contributed by atoms with E-state index >= 15 is 0 Å². The summed E-state index contributed by atoms with van der Waals surface area (Å²) in [7, 11) is 0. The van der Waals surface area contributed by atoms with Gasteiger partial charge in [0.05, 0.1) is 24.0 Å². The molecule has 2 amide bonds. The summed E-state index contributed by atoms with van der Waals surface area (Å²) in [6, 6.07) is 7.77. The first-order chi connectivity index (χ1) is 13.1. The molecular formula is C20H23N5O2. The molecule has 1 N–H and O–H groups in total. The van der Waals surface area contributed by atoms with Gasteiger partial charge >= 0.3 is 0 Å². The first kappa shape index (κ1) is 17.5. The molecule has 2 fully saturated rings. The summed E-state index contributed by atoms with van der Waals surface area (Å²) in [6.07, 6.45) is 5.80. The van der Waals surface area contributed by atoms with E-state index in [9.17, 15) is 9.59 Å². The molecule has 3 heterocycles. The van der Waals surface area contributed by atoms with Gasteiger partial charge < -0.3 is 15.1 Å². The number of benzene rings is 1. The normalized spacial score (nSPS) is 19.6. The molecule has 2 aromatic rings. The highest BCUT2D eigenvalue weighted by molar-refractivity contribution is 6.03. The molecule has 27 heavy (non-hydrogen) atoms. The summed E-state index contributed by atoms with van der Waals surface area (Å²) in [4.78, 5) is 37.4. The molecule has 1 atom stereocenters. The lowest BCUT2D eigenvalue weighted by Gasteiger charge is -2.17. The van der Waals surface area contributed by atoms with E-state index < -0.39 is 0 Å². The Bertz CT molecular complexity index is 828. The molecule has 2 aliphatic rings. The first-order valence-corrected chi connectivity index (χ1v) is 9.35. The number of anilines is 3. The van der Waals surface area contributed by atoms with Crippen molar-refractivity contribution in [3.8, 4) is 0 Å². The average molecular weight is 365 g/mol. The van der Waals surface area contributed by atoms with Gasteiger partial charge in [-0.25, -0.2) is 9.97 Å². The SMILES string of the molecule is Cc1ccc(N2CC(C(=O)Nc3cnc(N4CCCC4)nc3)CC2=O)cc1. The summed E-state index contributed by atoms with van der Waals surface area (Å²) in [5.41, 5.74) is 2.53. The minimum Gasteiger partial charge on any atom is -0.341 e.